The van der Waals surface area contributed by atoms with E-state index >= 15 is 0 Å². The van der Waals surface area contributed by atoms with Crippen molar-refractivity contribution in [2.75, 3.05) is 6.54 Å². The standard InChI is InChI=1S/C15H19BrN2O3/c1-10-8-13(18(20)21)6-7-14(10)15(19)17-9-11-2-4-12(16)5-3-11/h6-8,11-12H,2-5,9H2,1H3,(H,17,19). The highest BCUT2D eigenvalue weighted by Crippen LogP contribution is 2.28. The average Bonchev–Trinajstić information content (AvgIpc) is 2.46. The molecule has 1 aliphatic carbocycles. The summed E-state index contributed by atoms with van der Waals surface area (Å²) in [5, 5.41) is 13.6. The number of benzene rings is 1. The maximum atomic E-state index is 12.2. The van der Waals surface area contributed by atoms with Crippen molar-refractivity contribution in [3.05, 3.63) is 39.4 Å². The number of amides is 1. The van der Waals surface area contributed by atoms with Gasteiger partial charge in [-0.05, 0) is 50.2 Å². The number of rotatable bonds is 4. The number of nitro benzene ring substituents is 1. The van der Waals surface area contributed by atoms with Gasteiger partial charge in [-0.25, -0.2) is 0 Å². The largest absolute Gasteiger partial charge is 0.352 e. The summed E-state index contributed by atoms with van der Waals surface area (Å²) in [4.78, 5) is 23.0. The molecule has 0 saturated heterocycles. The van der Waals surface area contributed by atoms with E-state index in [1.807, 2.05) is 0 Å². The van der Waals surface area contributed by atoms with Gasteiger partial charge in [-0.1, -0.05) is 15.9 Å². The van der Waals surface area contributed by atoms with Crippen LogP contribution in [0.5, 0.6) is 0 Å². The third-order valence-electron chi connectivity index (χ3n) is 3.99. The summed E-state index contributed by atoms with van der Waals surface area (Å²) >= 11 is 3.62. The highest BCUT2D eigenvalue weighted by molar-refractivity contribution is 9.09. The molecule has 0 aromatic heterocycles. The van der Waals surface area contributed by atoms with Gasteiger partial charge in [0.25, 0.3) is 11.6 Å². The van der Waals surface area contributed by atoms with Crippen LogP contribution in [0.4, 0.5) is 5.69 Å². The molecule has 1 aliphatic rings. The molecule has 21 heavy (non-hydrogen) atoms. The first kappa shape index (κ1) is 15.9. The Bertz CT molecular complexity index is 540. The van der Waals surface area contributed by atoms with E-state index in [4.69, 9.17) is 0 Å². The molecule has 2 rings (SSSR count). The lowest BCUT2D eigenvalue weighted by Gasteiger charge is -2.25. The summed E-state index contributed by atoms with van der Waals surface area (Å²) in [6, 6.07) is 4.33. The van der Waals surface area contributed by atoms with Crippen molar-refractivity contribution >= 4 is 27.5 Å². The minimum atomic E-state index is -0.451. The van der Waals surface area contributed by atoms with Crippen LogP contribution in [-0.2, 0) is 0 Å². The van der Waals surface area contributed by atoms with Crippen molar-refractivity contribution in [1.82, 2.24) is 5.32 Å². The second-order valence-corrected chi connectivity index (χ2v) is 6.88. The predicted octanol–water partition coefficient (Wildman–Crippen LogP) is 3.59. The monoisotopic (exact) mass is 354 g/mol. The molecule has 0 heterocycles. The number of hydrogen-bond donors (Lipinski definition) is 1. The fourth-order valence-electron chi connectivity index (χ4n) is 2.67. The van der Waals surface area contributed by atoms with Gasteiger partial charge in [-0.15, -0.1) is 0 Å². The normalized spacial score (nSPS) is 21.8. The second-order valence-electron chi connectivity index (χ2n) is 5.58. The van der Waals surface area contributed by atoms with E-state index in [1.54, 1.807) is 6.92 Å². The number of aryl methyl sites for hydroxylation is 1. The van der Waals surface area contributed by atoms with Crippen LogP contribution in [0.2, 0.25) is 0 Å². The van der Waals surface area contributed by atoms with E-state index in [-0.39, 0.29) is 11.6 Å². The number of non-ortho nitro benzene ring substituents is 1. The van der Waals surface area contributed by atoms with E-state index in [2.05, 4.69) is 21.2 Å². The zero-order chi connectivity index (χ0) is 15.4. The maximum Gasteiger partial charge on any atom is 0.269 e. The Balaban J connectivity index is 1.93. The average molecular weight is 355 g/mol. The summed E-state index contributed by atoms with van der Waals surface area (Å²) in [5.74, 6) is 0.379. The van der Waals surface area contributed by atoms with Crippen LogP contribution in [0.1, 0.15) is 41.6 Å². The van der Waals surface area contributed by atoms with Gasteiger partial charge in [0.2, 0.25) is 0 Å². The first-order chi connectivity index (χ1) is 9.97. The summed E-state index contributed by atoms with van der Waals surface area (Å²) in [7, 11) is 0. The SMILES string of the molecule is Cc1cc([N+](=O)[O-])ccc1C(=O)NCC1CCC(Br)CC1. The molecule has 1 fully saturated rings. The number of nitrogens with zero attached hydrogens (tertiary/aromatic N) is 1. The Morgan fingerprint density at radius 3 is 2.62 bits per heavy atom. The van der Waals surface area contributed by atoms with E-state index in [9.17, 15) is 14.9 Å². The minimum Gasteiger partial charge on any atom is -0.352 e. The fourth-order valence-corrected chi connectivity index (χ4v) is 3.20. The van der Waals surface area contributed by atoms with Crippen LogP contribution >= 0.6 is 15.9 Å². The zero-order valence-corrected chi connectivity index (χ0v) is 13.6. The molecule has 0 spiro atoms. The Hall–Kier alpha value is -1.43. The van der Waals surface area contributed by atoms with Crippen molar-refractivity contribution in [2.45, 2.75) is 37.4 Å². The summed E-state index contributed by atoms with van der Waals surface area (Å²) in [6.45, 7) is 2.40. The van der Waals surface area contributed by atoms with Crippen LogP contribution in [0.25, 0.3) is 0 Å². The van der Waals surface area contributed by atoms with Crippen molar-refractivity contribution < 1.29 is 9.72 Å². The first-order valence-electron chi connectivity index (χ1n) is 7.14. The van der Waals surface area contributed by atoms with Gasteiger partial charge in [-0.3, -0.25) is 14.9 Å². The number of alkyl halides is 1. The summed E-state index contributed by atoms with van der Waals surface area (Å²) in [6.07, 6.45) is 4.54. The van der Waals surface area contributed by atoms with E-state index in [0.717, 1.165) is 25.7 Å². The molecular formula is C15H19BrN2O3. The number of carbonyl (C=O) groups excluding carboxylic acids is 1. The smallest absolute Gasteiger partial charge is 0.269 e. The maximum absolute atomic E-state index is 12.2. The van der Waals surface area contributed by atoms with Gasteiger partial charge in [0.15, 0.2) is 0 Å². The van der Waals surface area contributed by atoms with Gasteiger partial charge < -0.3 is 5.32 Å². The lowest BCUT2D eigenvalue weighted by molar-refractivity contribution is -0.384. The Labute approximate surface area is 132 Å². The third kappa shape index (κ3) is 4.27. The van der Waals surface area contributed by atoms with Crippen molar-refractivity contribution in [3.8, 4) is 0 Å². The zero-order valence-electron chi connectivity index (χ0n) is 12.0. The summed E-state index contributed by atoms with van der Waals surface area (Å²) < 4.78 is 0. The number of nitro groups is 1. The van der Waals surface area contributed by atoms with E-state index in [0.29, 0.717) is 28.4 Å². The van der Waals surface area contributed by atoms with Crippen LogP contribution in [0.15, 0.2) is 18.2 Å². The molecule has 5 nitrogen and oxygen atoms in total. The lowest BCUT2D eigenvalue weighted by Crippen LogP contribution is -2.31. The second kappa shape index (κ2) is 7.02. The fraction of sp³-hybridized carbons (Fsp3) is 0.533. The van der Waals surface area contributed by atoms with Crippen molar-refractivity contribution in [2.24, 2.45) is 5.92 Å². The predicted molar refractivity (Wildman–Crippen MR) is 84.8 cm³/mol. The van der Waals surface area contributed by atoms with E-state index in [1.165, 1.54) is 18.2 Å². The molecule has 0 aliphatic heterocycles. The Morgan fingerprint density at radius 2 is 2.05 bits per heavy atom. The number of nitrogens with one attached hydrogen (secondary N) is 1. The lowest BCUT2D eigenvalue weighted by atomic mass is 9.89. The molecule has 0 unspecified atom stereocenters. The molecule has 1 saturated carbocycles. The van der Waals surface area contributed by atoms with Gasteiger partial charge in [0.05, 0.1) is 4.92 Å². The van der Waals surface area contributed by atoms with Crippen LogP contribution < -0.4 is 5.32 Å². The molecule has 0 bridgehead atoms. The Morgan fingerprint density at radius 1 is 1.38 bits per heavy atom. The number of hydrogen-bond acceptors (Lipinski definition) is 3. The molecular weight excluding hydrogens is 336 g/mol. The van der Waals surface area contributed by atoms with Crippen molar-refractivity contribution in [1.29, 1.82) is 0 Å². The van der Waals surface area contributed by atoms with Crippen LogP contribution in [0, 0.1) is 23.0 Å². The third-order valence-corrected chi connectivity index (χ3v) is 4.91. The van der Waals surface area contributed by atoms with Crippen molar-refractivity contribution in [3.63, 3.8) is 0 Å². The van der Waals surface area contributed by atoms with Gasteiger partial charge in [-0.2, -0.15) is 0 Å². The van der Waals surface area contributed by atoms with Crippen LogP contribution in [0.3, 0.4) is 0 Å². The van der Waals surface area contributed by atoms with Crippen LogP contribution in [-0.4, -0.2) is 22.2 Å². The number of carbonyl (C=O) groups is 1. The molecule has 1 amide bonds. The quantitative estimate of drug-likeness (QED) is 0.510. The molecule has 114 valence electrons. The van der Waals surface area contributed by atoms with Gasteiger partial charge >= 0.3 is 0 Å². The van der Waals surface area contributed by atoms with E-state index < -0.39 is 4.92 Å². The highest BCUT2D eigenvalue weighted by Gasteiger charge is 2.20. The summed E-state index contributed by atoms with van der Waals surface area (Å²) in [5.41, 5.74) is 1.15. The van der Waals surface area contributed by atoms with Gasteiger partial charge in [0.1, 0.15) is 0 Å². The minimum absolute atomic E-state index is 0.0136. The molecule has 6 heteroatoms. The molecule has 1 aromatic carbocycles. The Kier molecular flexibility index (Phi) is 5.33. The highest BCUT2D eigenvalue weighted by atomic mass is 79.9. The number of halogens is 1. The molecule has 0 atom stereocenters. The molecule has 1 N–H and O–H groups in total. The van der Waals surface area contributed by atoms with Gasteiger partial charge in [0, 0.05) is 29.1 Å². The first-order valence-corrected chi connectivity index (χ1v) is 8.06. The molecule has 0 radical (unpaired) electrons. The molecule has 1 aromatic rings. The topological polar surface area (TPSA) is 72.2 Å².